The molecule has 1 aliphatic heterocycles. The van der Waals surface area contributed by atoms with Gasteiger partial charge in [0, 0.05) is 13.1 Å². The Balaban J connectivity index is 2.17. The molecule has 1 heterocycles. The molecule has 0 aromatic heterocycles. The van der Waals surface area contributed by atoms with Gasteiger partial charge in [-0.05, 0) is 30.9 Å². The average Bonchev–Trinajstić information content (AvgIpc) is 2.40. The molecule has 0 atom stereocenters. The summed E-state index contributed by atoms with van der Waals surface area (Å²) in [6, 6.07) is 5.09. The Bertz CT molecular complexity index is 453. The maximum Gasteiger partial charge on any atom is 0.337 e. The first kappa shape index (κ1) is 14.2. The lowest BCUT2D eigenvalue weighted by Gasteiger charge is -2.34. The van der Waals surface area contributed by atoms with Gasteiger partial charge in [-0.15, -0.1) is 0 Å². The molecule has 0 amide bonds. The van der Waals surface area contributed by atoms with E-state index in [2.05, 4.69) is 11.8 Å². The maximum absolute atomic E-state index is 11.3. The van der Waals surface area contributed by atoms with Crippen LogP contribution in [0, 0.1) is 5.92 Å². The number of nitrogens with zero attached hydrogens (tertiary/aromatic N) is 1. The second kappa shape index (κ2) is 6.29. The van der Waals surface area contributed by atoms with Gasteiger partial charge in [-0.1, -0.05) is 37.4 Å². The minimum Gasteiger partial charge on any atom is -0.478 e. The Morgan fingerprint density at radius 2 is 2.11 bits per heavy atom. The molecule has 19 heavy (non-hydrogen) atoms. The zero-order valence-corrected chi connectivity index (χ0v) is 12.0. The molecule has 1 saturated heterocycles. The summed E-state index contributed by atoms with van der Waals surface area (Å²) < 4.78 is 0. The first-order valence-corrected chi connectivity index (χ1v) is 7.28. The van der Waals surface area contributed by atoms with Gasteiger partial charge in [0.2, 0.25) is 0 Å². The Kier molecular flexibility index (Phi) is 4.70. The maximum atomic E-state index is 11.3. The van der Waals surface area contributed by atoms with E-state index in [0.717, 1.165) is 31.8 Å². The Labute approximate surface area is 119 Å². The zero-order chi connectivity index (χ0) is 13.8. The highest BCUT2D eigenvalue weighted by atomic mass is 35.5. The van der Waals surface area contributed by atoms with Gasteiger partial charge in [-0.25, -0.2) is 4.79 Å². The molecule has 1 aromatic rings. The predicted molar refractivity (Wildman–Crippen MR) is 78.3 cm³/mol. The second-order valence-corrected chi connectivity index (χ2v) is 5.57. The summed E-state index contributed by atoms with van der Waals surface area (Å²) in [7, 11) is 0. The first-order chi connectivity index (χ1) is 9.13. The minimum absolute atomic E-state index is 0.307. The van der Waals surface area contributed by atoms with E-state index in [9.17, 15) is 9.90 Å². The number of hydrogen-bond acceptors (Lipinski definition) is 2. The van der Waals surface area contributed by atoms with Crippen molar-refractivity contribution in [2.75, 3.05) is 18.0 Å². The third-order valence-corrected chi connectivity index (χ3v) is 4.15. The number of aromatic carboxylic acids is 1. The van der Waals surface area contributed by atoms with Crippen LogP contribution < -0.4 is 4.90 Å². The SMILES string of the molecule is CCCC1CCN(c2c(Cl)cccc2C(=O)O)CC1. The van der Waals surface area contributed by atoms with Gasteiger partial charge < -0.3 is 10.0 Å². The molecule has 104 valence electrons. The van der Waals surface area contributed by atoms with Crippen LogP contribution in [0.4, 0.5) is 5.69 Å². The molecule has 1 N–H and O–H groups in total. The fourth-order valence-corrected chi connectivity index (χ4v) is 3.16. The number of rotatable bonds is 4. The topological polar surface area (TPSA) is 40.5 Å². The first-order valence-electron chi connectivity index (χ1n) is 6.90. The van der Waals surface area contributed by atoms with E-state index in [1.807, 2.05) is 0 Å². The molecule has 1 fully saturated rings. The molecule has 4 heteroatoms. The van der Waals surface area contributed by atoms with Crippen molar-refractivity contribution in [1.82, 2.24) is 0 Å². The van der Waals surface area contributed by atoms with E-state index in [1.165, 1.54) is 12.8 Å². The molecule has 3 nitrogen and oxygen atoms in total. The summed E-state index contributed by atoms with van der Waals surface area (Å²) in [6.45, 7) is 4.01. The van der Waals surface area contributed by atoms with Gasteiger partial charge in [0.25, 0.3) is 0 Å². The number of carboxylic acid groups (broad SMARTS) is 1. The molecule has 0 aliphatic carbocycles. The summed E-state index contributed by atoms with van der Waals surface area (Å²) in [6.07, 6.45) is 4.73. The van der Waals surface area contributed by atoms with Gasteiger partial charge in [0.1, 0.15) is 0 Å². The van der Waals surface area contributed by atoms with Crippen LogP contribution in [0.1, 0.15) is 43.0 Å². The van der Waals surface area contributed by atoms with E-state index in [4.69, 9.17) is 11.6 Å². The number of para-hydroxylation sites is 1. The van der Waals surface area contributed by atoms with E-state index in [-0.39, 0.29) is 0 Å². The van der Waals surface area contributed by atoms with Gasteiger partial charge in [-0.3, -0.25) is 0 Å². The number of carbonyl (C=O) groups is 1. The van der Waals surface area contributed by atoms with Crippen molar-refractivity contribution in [3.8, 4) is 0 Å². The van der Waals surface area contributed by atoms with Gasteiger partial charge >= 0.3 is 5.97 Å². The normalized spacial score (nSPS) is 16.6. The van der Waals surface area contributed by atoms with Crippen LogP contribution in [0.15, 0.2) is 18.2 Å². The number of piperidine rings is 1. The van der Waals surface area contributed by atoms with Crippen LogP contribution in [0.3, 0.4) is 0 Å². The minimum atomic E-state index is -0.909. The van der Waals surface area contributed by atoms with Crippen molar-refractivity contribution in [2.45, 2.75) is 32.6 Å². The summed E-state index contributed by atoms with van der Waals surface area (Å²) in [5, 5.41) is 9.81. The molecule has 0 saturated carbocycles. The fourth-order valence-electron chi connectivity index (χ4n) is 2.86. The van der Waals surface area contributed by atoms with E-state index in [1.54, 1.807) is 18.2 Å². The van der Waals surface area contributed by atoms with Crippen LogP contribution in [-0.4, -0.2) is 24.2 Å². The molecular formula is C15H20ClNO2. The van der Waals surface area contributed by atoms with Crippen LogP contribution in [-0.2, 0) is 0 Å². The highest BCUT2D eigenvalue weighted by molar-refractivity contribution is 6.34. The van der Waals surface area contributed by atoms with E-state index in [0.29, 0.717) is 16.3 Å². The number of halogens is 1. The van der Waals surface area contributed by atoms with Gasteiger partial charge in [0.15, 0.2) is 0 Å². The lowest BCUT2D eigenvalue weighted by molar-refractivity contribution is 0.0697. The Morgan fingerprint density at radius 3 is 2.68 bits per heavy atom. The number of hydrogen-bond donors (Lipinski definition) is 1. The quantitative estimate of drug-likeness (QED) is 0.905. The lowest BCUT2D eigenvalue weighted by Crippen LogP contribution is -2.34. The summed E-state index contributed by atoms with van der Waals surface area (Å²) in [4.78, 5) is 13.4. The molecule has 0 radical (unpaired) electrons. The van der Waals surface area contributed by atoms with Crippen LogP contribution in [0.5, 0.6) is 0 Å². The molecule has 2 rings (SSSR count). The average molecular weight is 282 g/mol. The molecule has 0 unspecified atom stereocenters. The van der Waals surface area contributed by atoms with Crippen molar-refractivity contribution in [2.24, 2.45) is 5.92 Å². The number of carboxylic acids is 1. The highest BCUT2D eigenvalue weighted by Gasteiger charge is 2.24. The fraction of sp³-hybridized carbons (Fsp3) is 0.533. The highest BCUT2D eigenvalue weighted by Crippen LogP contribution is 2.33. The molecule has 0 bridgehead atoms. The number of benzene rings is 1. The lowest BCUT2D eigenvalue weighted by atomic mass is 9.92. The Morgan fingerprint density at radius 1 is 1.42 bits per heavy atom. The van der Waals surface area contributed by atoms with Crippen molar-refractivity contribution in [3.63, 3.8) is 0 Å². The van der Waals surface area contributed by atoms with Gasteiger partial charge in [-0.2, -0.15) is 0 Å². The monoisotopic (exact) mass is 281 g/mol. The van der Waals surface area contributed by atoms with Crippen LogP contribution in [0.2, 0.25) is 5.02 Å². The van der Waals surface area contributed by atoms with Crippen LogP contribution >= 0.6 is 11.6 Å². The third kappa shape index (κ3) is 3.21. The second-order valence-electron chi connectivity index (χ2n) is 5.16. The van der Waals surface area contributed by atoms with Crippen LogP contribution in [0.25, 0.3) is 0 Å². The number of anilines is 1. The van der Waals surface area contributed by atoms with E-state index < -0.39 is 5.97 Å². The van der Waals surface area contributed by atoms with Gasteiger partial charge in [0.05, 0.1) is 16.3 Å². The standard InChI is InChI=1S/C15H20ClNO2/c1-2-4-11-7-9-17(10-8-11)14-12(15(18)19)5-3-6-13(14)16/h3,5-6,11H,2,4,7-10H2,1H3,(H,18,19). The van der Waals surface area contributed by atoms with Crippen molar-refractivity contribution < 1.29 is 9.90 Å². The van der Waals surface area contributed by atoms with Crippen molar-refractivity contribution in [3.05, 3.63) is 28.8 Å². The summed E-state index contributed by atoms with van der Waals surface area (Å²) in [5.74, 6) is -0.134. The summed E-state index contributed by atoms with van der Waals surface area (Å²) in [5.41, 5.74) is 0.994. The van der Waals surface area contributed by atoms with E-state index >= 15 is 0 Å². The molecule has 1 aromatic carbocycles. The molecule has 0 spiro atoms. The smallest absolute Gasteiger partial charge is 0.337 e. The van der Waals surface area contributed by atoms with Crippen molar-refractivity contribution in [1.29, 1.82) is 0 Å². The predicted octanol–water partition coefficient (Wildman–Crippen LogP) is 4.05. The molecular weight excluding hydrogens is 262 g/mol. The zero-order valence-electron chi connectivity index (χ0n) is 11.2. The summed E-state index contributed by atoms with van der Waals surface area (Å²) >= 11 is 6.20. The third-order valence-electron chi connectivity index (χ3n) is 3.84. The molecule has 1 aliphatic rings. The largest absolute Gasteiger partial charge is 0.478 e. The van der Waals surface area contributed by atoms with Crippen molar-refractivity contribution >= 4 is 23.3 Å². The Hall–Kier alpha value is -1.22.